The molecule has 31 heavy (non-hydrogen) atoms. The molecular formula is C21H21N3O7. The quantitative estimate of drug-likeness (QED) is 0.420. The molecule has 0 aliphatic carbocycles. The Morgan fingerprint density at radius 1 is 1.26 bits per heavy atom. The van der Waals surface area contributed by atoms with E-state index < -0.39 is 10.7 Å². The van der Waals surface area contributed by atoms with Gasteiger partial charge in [-0.15, -0.1) is 0 Å². The van der Waals surface area contributed by atoms with Crippen molar-refractivity contribution in [1.82, 2.24) is 9.47 Å². The van der Waals surface area contributed by atoms with Crippen molar-refractivity contribution in [3.8, 4) is 11.5 Å². The number of fused-ring (bicyclic) bond motifs is 2. The Balaban J connectivity index is 1.31. The standard InChI is InChI=1S/C21H21N3O7/c1-22(12-15-13-29-17-5-2-3-6-18(17)30-15)20(25)7-4-10-23-16-9-8-14(24(27)28)11-19(16)31-21(23)26/h2-3,5-6,8-9,11,15H,4,7,10,12-13H2,1H3. The molecule has 162 valence electrons. The molecule has 1 unspecified atom stereocenters. The van der Waals surface area contributed by atoms with Crippen LogP contribution in [0.25, 0.3) is 11.1 Å². The Bertz CT molecular complexity index is 1180. The van der Waals surface area contributed by atoms with Crippen LogP contribution in [0, 0.1) is 10.1 Å². The van der Waals surface area contributed by atoms with E-state index in [1.54, 1.807) is 11.9 Å². The minimum absolute atomic E-state index is 0.0843. The smallest absolute Gasteiger partial charge is 0.419 e. The van der Waals surface area contributed by atoms with Crippen LogP contribution in [-0.4, -0.2) is 46.6 Å². The molecule has 0 saturated heterocycles. The number of amides is 1. The highest BCUT2D eigenvalue weighted by molar-refractivity contribution is 5.76. The molecule has 10 nitrogen and oxygen atoms in total. The van der Waals surface area contributed by atoms with Crippen LogP contribution >= 0.6 is 0 Å². The summed E-state index contributed by atoms with van der Waals surface area (Å²) in [6.07, 6.45) is 0.381. The van der Waals surface area contributed by atoms with Gasteiger partial charge in [-0.2, -0.15) is 0 Å². The summed E-state index contributed by atoms with van der Waals surface area (Å²) in [5.74, 6) is 0.656. The summed E-state index contributed by atoms with van der Waals surface area (Å²) in [6.45, 7) is 1.00. The van der Waals surface area contributed by atoms with E-state index in [-0.39, 0.29) is 36.2 Å². The van der Waals surface area contributed by atoms with E-state index >= 15 is 0 Å². The molecule has 0 radical (unpaired) electrons. The molecule has 4 rings (SSSR count). The highest BCUT2D eigenvalue weighted by Gasteiger charge is 2.23. The summed E-state index contributed by atoms with van der Waals surface area (Å²) in [4.78, 5) is 36.5. The third-order valence-electron chi connectivity index (χ3n) is 5.11. The Hall–Kier alpha value is -3.82. The second-order valence-corrected chi connectivity index (χ2v) is 7.30. The van der Waals surface area contributed by atoms with Gasteiger partial charge >= 0.3 is 5.76 Å². The molecule has 1 amide bonds. The summed E-state index contributed by atoms with van der Waals surface area (Å²) in [5, 5.41) is 10.9. The van der Waals surface area contributed by atoms with Gasteiger partial charge in [0.15, 0.2) is 23.2 Å². The van der Waals surface area contributed by atoms with Gasteiger partial charge in [0.2, 0.25) is 5.91 Å². The number of aryl methyl sites for hydroxylation is 1. The summed E-state index contributed by atoms with van der Waals surface area (Å²) in [7, 11) is 1.70. The molecule has 0 saturated carbocycles. The highest BCUT2D eigenvalue weighted by Crippen LogP contribution is 2.31. The van der Waals surface area contributed by atoms with Crippen LogP contribution in [0.3, 0.4) is 0 Å². The van der Waals surface area contributed by atoms with Crippen LogP contribution in [0.5, 0.6) is 11.5 Å². The number of aromatic nitrogens is 1. The van der Waals surface area contributed by atoms with Crippen LogP contribution in [0.2, 0.25) is 0 Å². The van der Waals surface area contributed by atoms with Crippen LogP contribution in [0.1, 0.15) is 12.8 Å². The maximum absolute atomic E-state index is 12.5. The number of oxazole rings is 1. The van der Waals surface area contributed by atoms with Crippen molar-refractivity contribution in [3.05, 3.63) is 63.1 Å². The molecule has 0 bridgehead atoms. The molecule has 0 spiro atoms. The van der Waals surface area contributed by atoms with Crippen molar-refractivity contribution in [2.75, 3.05) is 20.2 Å². The number of carbonyl (C=O) groups is 1. The molecule has 0 N–H and O–H groups in total. The Morgan fingerprint density at radius 2 is 2.03 bits per heavy atom. The molecule has 2 aromatic carbocycles. The van der Waals surface area contributed by atoms with Gasteiger partial charge in [0, 0.05) is 26.1 Å². The number of para-hydroxylation sites is 2. The number of benzene rings is 2. The average Bonchev–Trinajstić information content (AvgIpc) is 3.07. The van der Waals surface area contributed by atoms with Crippen molar-refractivity contribution in [2.24, 2.45) is 0 Å². The van der Waals surface area contributed by atoms with Gasteiger partial charge in [0.25, 0.3) is 5.69 Å². The minimum Gasteiger partial charge on any atom is -0.486 e. The van der Waals surface area contributed by atoms with E-state index in [4.69, 9.17) is 13.9 Å². The lowest BCUT2D eigenvalue weighted by molar-refractivity contribution is -0.384. The topological polar surface area (TPSA) is 117 Å². The van der Waals surface area contributed by atoms with E-state index in [0.29, 0.717) is 36.6 Å². The Morgan fingerprint density at radius 3 is 2.81 bits per heavy atom. The predicted octanol–water partition coefficient (Wildman–Crippen LogP) is 2.58. The summed E-state index contributed by atoms with van der Waals surface area (Å²) in [6, 6.07) is 11.4. The van der Waals surface area contributed by atoms with E-state index in [0.717, 1.165) is 0 Å². The fourth-order valence-corrected chi connectivity index (χ4v) is 3.52. The molecule has 1 aliphatic heterocycles. The van der Waals surface area contributed by atoms with Crippen molar-refractivity contribution in [2.45, 2.75) is 25.5 Å². The number of non-ortho nitro benzene ring substituents is 1. The largest absolute Gasteiger partial charge is 0.486 e. The average molecular weight is 427 g/mol. The zero-order chi connectivity index (χ0) is 22.0. The van der Waals surface area contributed by atoms with Crippen LogP contribution in [-0.2, 0) is 11.3 Å². The van der Waals surface area contributed by atoms with Crippen LogP contribution < -0.4 is 15.2 Å². The van der Waals surface area contributed by atoms with E-state index in [2.05, 4.69) is 0 Å². The monoisotopic (exact) mass is 427 g/mol. The third kappa shape index (κ3) is 4.37. The molecule has 1 aromatic heterocycles. The van der Waals surface area contributed by atoms with Crippen molar-refractivity contribution in [1.29, 1.82) is 0 Å². The van der Waals surface area contributed by atoms with Gasteiger partial charge < -0.3 is 18.8 Å². The minimum atomic E-state index is -0.609. The maximum atomic E-state index is 12.5. The van der Waals surface area contributed by atoms with E-state index in [1.807, 2.05) is 24.3 Å². The fraction of sp³-hybridized carbons (Fsp3) is 0.333. The van der Waals surface area contributed by atoms with Crippen molar-refractivity contribution < 1.29 is 23.6 Å². The van der Waals surface area contributed by atoms with Gasteiger partial charge in [-0.05, 0) is 24.6 Å². The van der Waals surface area contributed by atoms with Crippen molar-refractivity contribution in [3.63, 3.8) is 0 Å². The lowest BCUT2D eigenvalue weighted by atomic mass is 10.2. The highest BCUT2D eigenvalue weighted by atomic mass is 16.6. The SMILES string of the molecule is CN(CC1COc2ccccc2O1)C(=O)CCCn1c(=O)oc2cc([N+](=O)[O-])ccc21. The number of ether oxygens (including phenoxy) is 2. The number of carbonyl (C=O) groups excluding carboxylic acids is 1. The van der Waals surface area contributed by atoms with Crippen molar-refractivity contribution >= 4 is 22.7 Å². The fourth-order valence-electron chi connectivity index (χ4n) is 3.52. The number of nitro benzene ring substituents is 1. The number of likely N-dealkylation sites (N-methyl/N-ethyl adjacent to an activating group) is 1. The second kappa shape index (κ2) is 8.50. The first-order chi connectivity index (χ1) is 14.9. The molecule has 1 atom stereocenters. The number of hydrogen-bond acceptors (Lipinski definition) is 7. The number of nitro groups is 1. The lowest BCUT2D eigenvalue weighted by Gasteiger charge is -2.29. The predicted molar refractivity (Wildman–Crippen MR) is 110 cm³/mol. The molecule has 0 fully saturated rings. The van der Waals surface area contributed by atoms with Crippen LogP contribution in [0.15, 0.2) is 51.7 Å². The first-order valence-electron chi connectivity index (χ1n) is 9.82. The first kappa shape index (κ1) is 20.5. The number of nitrogens with zero attached hydrogens (tertiary/aromatic N) is 3. The summed E-state index contributed by atoms with van der Waals surface area (Å²) < 4.78 is 18.0. The molecular weight excluding hydrogens is 406 g/mol. The molecule has 3 aromatic rings. The molecule has 2 heterocycles. The third-order valence-corrected chi connectivity index (χ3v) is 5.11. The zero-order valence-corrected chi connectivity index (χ0v) is 16.9. The Kier molecular flexibility index (Phi) is 5.61. The second-order valence-electron chi connectivity index (χ2n) is 7.30. The Labute approximate surface area is 176 Å². The summed E-state index contributed by atoms with van der Waals surface area (Å²) >= 11 is 0. The summed E-state index contributed by atoms with van der Waals surface area (Å²) in [5.41, 5.74) is 0.460. The maximum Gasteiger partial charge on any atom is 0.419 e. The number of rotatable bonds is 7. The molecule has 10 heteroatoms. The van der Waals surface area contributed by atoms with Gasteiger partial charge in [-0.3, -0.25) is 19.5 Å². The van der Waals surface area contributed by atoms with E-state index in [9.17, 15) is 19.7 Å². The van der Waals surface area contributed by atoms with Crippen LogP contribution in [0.4, 0.5) is 5.69 Å². The number of hydrogen-bond donors (Lipinski definition) is 0. The van der Waals surface area contributed by atoms with Gasteiger partial charge in [-0.1, -0.05) is 12.1 Å². The first-order valence-corrected chi connectivity index (χ1v) is 9.82. The lowest BCUT2D eigenvalue weighted by Crippen LogP contribution is -2.41. The normalized spacial score (nSPS) is 15.1. The van der Waals surface area contributed by atoms with Gasteiger partial charge in [0.05, 0.1) is 23.1 Å². The van der Waals surface area contributed by atoms with Gasteiger partial charge in [-0.25, -0.2) is 4.79 Å². The van der Waals surface area contributed by atoms with Gasteiger partial charge in [0.1, 0.15) is 6.61 Å². The zero-order valence-electron chi connectivity index (χ0n) is 16.9. The molecule has 1 aliphatic rings. The van der Waals surface area contributed by atoms with E-state index in [1.165, 1.54) is 22.8 Å².